The van der Waals surface area contributed by atoms with Crippen molar-refractivity contribution in [1.29, 1.82) is 0 Å². The zero-order valence-corrected chi connectivity index (χ0v) is 11.1. The van der Waals surface area contributed by atoms with Crippen LogP contribution in [-0.4, -0.2) is 19.7 Å². The van der Waals surface area contributed by atoms with Gasteiger partial charge in [0.2, 0.25) is 10.0 Å². The van der Waals surface area contributed by atoms with Gasteiger partial charge in [-0.05, 0) is 13.0 Å². The molecule has 1 N–H and O–H groups in total. The van der Waals surface area contributed by atoms with E-state index in [4.69, 9.17) is 0 Å². The quantitative estimate of drug-likeness (QED) is 0.930. The average Bonchev–Trinajstić information content (AvgIpc) is 2.63. The minimum absolute atomic E-state index is 0.582. The number of para-hydroxylation sites is 1. The molecule has 17 heavy (non-hydrogen) atoms. The molecule has 4 nitrogen and oxygen atoms in total. The summed E-state index contributed by atoms with van der Waals surface area (Å²) in [7, 11) is -3.27. The maximum Gasteiger partial charge on any atom is 0.229 e. The molecule has 2 rings (SSSR count). The van der Waals surface area contributed by atoms with Crippen molar-refractivity contribution in [2.45, 2.75) is 6.92 Å². The fourth-order valence-corrected chi connectivity index (χ4v) is 2.87. The molecule has 0 fully saturated rings. The Balaban J connectivity index is 2.48. The largest absolute Gasteiger partial charge is 0.283 e. The van der Waals surface area contributed by atoms with Crippen LogP contribution in [0.3, 0.4) is 0 Å². The molecule has 0 aliphatic carbocycles. The van der Waals surface area contributed by atoms with E-state index in [0.717, 1.165) is 21.7 Å². The van der Waals surface area contributed by atoms with E-state index in [0.29, 0.717) is 5.69 Å². The van der Waals surface area contributed by atoms with Crippen LogP contribution in [0.5, 0.6) is 0 Å². The lowest BCUT2D eigenvalue weighted by atomic mass is 10.1. The lowest BCUT2D eigenvalue weighted by molar-refractivity contribution is 0.607. The third-order valence-electron chi connectivity index (χ3n) is 2.11. The summed E-state index contributed by atoms with van der Waals surface area (Å²) in [6.45, 7) is 1.92. The predicted octanol–water partition coefficient (Wildman–Crippen LogP) is 2.49. The van der Waals surface area contributed by atoms with Crippen molar-refractivity contribution in [3.63, 3.8) is 0 Å². The number of hydrogen-bond donors (Lipinski definition) is 1. The number of aryl methyl sites for hydroxylation is 1. The highest BCUT2D eigenvalue weighted by Gasteiger charge is 2.10. The van der Waals surface area contributed by atoms with Gasteiger partial charge in [0.25, 0.3) is 0 Å². The van der Waals surface area contributed by atoms with Gasteiger partial charge in [-0.2, -0.15) is 0 Å². The molecule has 0 spiro atoms. The van der Waals surface area contributed by atoms with Crippen molar-refractivity contribution in [1.82, 2.24) is 4.98 Å². The van der Waals surface area contributed by atoms with Gasteiger partial charge in [0.15, 0.2) is 0 Å². The summed E-state index contributed by atoms with van der Waals surface area (Å²) in [6.07, 6.45) is 2.89. The molecule has 0 aliphatic heterocycles. The van der Waals surface area contributed by atoms with Crippen molar-refractivity contribution < 1.29 is 8.42 Å². The summed E-state index contributed by atoms with van der Waals surface area (Å²) in [6, 6.07) is 7.29. The van der Waals surface area contributed by atoms with Gasteiger partial charge in [-0.1, -0.05) is 18.2 Å². The maximum atomic E-state index is 11.3. The molecule has 0 unspecified atom stereocenters. The van der Waals surface area contributed by atoms with E-state index in [1.165, 1.54) is 11.3 Å². The SMILES string of the molecule is Cc1ncc(-c2ccccc2NS(C)(=O)=O)s1. The van der Waals surface area contributed by atoms with Crippen LogP contribution in [0.1, 0.15) is 5.01 Å². The second kappa shape index (κ2) is 4.46. The lowest BCUT2D eigenvalue weighted by Crippen LogP contribution is -2.10. The molecular formula is C11H12N2O2S2. The Morgan fingerprint density at radius 2 is 2.00 bits per heavy atom. The first-order chi connectivity index (χ1) is 7.96. The summed E-state index contributed by atoms with van der Waals surface area (Å²) in [5.74, 6) is 0. The Kier molecular flexibility index (Phi) is 3.17. The highest BCUT2D eigenvalue weighted by molar-refractivity contribution is 7.92. The molecule has 0 saturated heterocycles. The number of rotatable bonds is 3. The number of benzene rings is 1. The summed E-state index contributed by atoms with van der Waals surface area (Å²) in [5.41, 5.74) is 1.43. The van der Waals surface area contributed by atoms with Gasteiger partial charge in [0.1, 0.15) is 0 Å². The molecule has 0 atom stereocenters. The third kappa shape index (κ3) is 3.04. The van der Waals surface area contributed by atoms with Gasteiger partial charge in [0, 0.05) is 11.8 Å². The Bertz CT molecular complexity index is 632. The van der Waals surface area contributed by atoms with Gasteiger partial charge >= 0.3 is 0 Å². The number of anilines is 1. The normalized spacial score (nSPS) is 11.4. The zero-order valence-electron chi connectivity index (χ0n) is 9.47. The van der Waals surface area contributed by atoms with Crippen LogP contribution in [0.4, 0.5) is 5.69 Å². The van der Waals surface area contributed by atoms with Crippen LogP contribution >= 0.6 is 11.3 Å². The molecule has 1 aromatic carbocycles. The number of nitrogens with one attached hydrogen (secondary N) is 1. The van der Waals surface area contributed by atoms with Gasteiger partial charge in [0.05, 0.1) is 21.8 Å². The van der Waals surface area contributed by atoms with Crippen molar-refractivity contribution in [3.05, 3.63) is 35.5 Å². The van der Waals surface area contributed by atoms with Crippen LogP contribution in [0.15, 0.2) is 30.5 Å². The average molecular weight is 268 g/mol. The van der Waals surface area contributed by atoms with Crippen LogP contribution in [0.2, 0.25) is 0 Å². The fraction of sp³-hybridized carbons (Fsp3) is 0.182. The van der Waals surface area contributed by atoms with Crippen LogP contribution in [-0.2, 0) is 10.0 Å². The molecule has 0 bridgehead atoms. The standard InChI is InChI=1S/C11H12N2O2S2/c1-8-12-7-11(16-8)9-5-3-4-6-10(9)13-17(2,14)15/h3-7,13H,1-2H3. The monoisotopic (exact) mass is 268 g/mol. The van der Waals surface area contributed by atoms with Crippen molar-refractivity contribution >= 4 is 27.0 Å². The minimum Gasteiger partial charge on any atom is -0.283 e. The number of thiazole rings is 1. The van der Waals surface area contributed by atoms with E-state index >= 15 is 0 Å². The van der Waals surface area contributed by atoms with E-state index < -0.39 is 10.0 Å². The van der Waals surface area contributed by atoms with Gasteiger partial charge in [-0.25, -0.2) is 13.4 Å². The highest BCUT2D eigenvalue weighted by atomic mass is 32.2. The molecule has 1 aromatic heterocycles. The second-order valence-corrected chi connectivity index (χ2v) is 6.65. The Hall–Kier alpha value is -1.40. The highest BCUT2D eigenvalue weighted by Crippen LogP contribution is 2.32. The summed E-state index contributed by atoms with van der Waals surface area (Å²) < 4.78 is 25.0. The molecule has 0 amide bonds. The number of aromatic nitrogens is 1. The topological polar surface area (TPSA) is 59.1 Å². The Morgan fingerprint density at radius 3 is 2.59 bits per heavy atom. The first kappa shape index (κ1) is 12.1. The predicted molar refractivity (Wildman–Crippen MR) is 70.8 cm³/mol. The maximum absolute atomic E-state index is 11.3. The number of sulfonamides is 1. The number of nitrogens with zero attached hydrogens (tertiary/aromatic N) is 1. The van der Waals surface area contributed by atoms with Gasteiger partial charge in [-0.3, -0.25) is 4.72 Å². The number of hydrogen-bond acceptors (Lipinski definition) is 4. The summed E-state index contributed by atoms with van der Waals surface area (Å²) >= 11 is 1.54. The van der Waals surface area contributed by atoms with Crippen molar-refractivity contribution in [3.8, 4) is 10.4 Å². The van der Waals surface area contributed by atoms with Crippen molar-refractivity contribution in [2.24, 2.45) is 0 Å². The van der Waals surface area contributed by atoms with E-state index in [-0.39, 0.29) is 0 Å². The fourth-order valence-electron chi connectivity index (χ4n) is 1.47. The molecule has 6 heteroatoms. The zero-order chi connectivity index (χ0) is 12.5. The van der Waals surface area contributed by atoms with Gasteiger partial charge < -0.3 is 0 Å². The van der Waals surface area contributed by atoms with E-state index in [1.807, 2.05) is 19.1 Å². The minimum atomic E-state index is -3.27. The molecule has 2 aromatic rings. The summed E-state index contributed by atoms with van der Waals surface area (Å²) in [4.78, 5) is 5.12. The van der Waals surface area contributed by atoms with E-state index in [2.05, 4.69) is 9.71 Å². The van der Waals surface area contributed by atoms with Crippen molar-refractivity contribution in [2.75, 3.05) is 11.0 Å². The molecule has 1 heterocycles. The molecule has 0 radical (unpaired) electrons. The lowest BCUT2D eigenvalue weighted by Gasteiger charge is -2.08. The Labute approximate surface area is 104 Å². The third-order valence-corrected chi connectivity index (χ3v) is 3.65. The molecular weight excluding hydrogens is 256 g/mol. The molecule has 0 saturated carbocycles. The van der Waals surface area contributed by atoms with E-state index in [9.17, 15) is 8.42 Å². The first-order valence-corrected chi connectivity index (χ1v) is 7.66. The van der Waals surface area contributed by atoms with Gasteiger partial charge in [-0.15, -0.1) is 11.3 Å². The van der Waals surface area contributed by atoms with E-state index in [1.54, 1.807) is 18.3 Å². The Morgan fingerprint density at radius 1 is 1.29 bits per heavy atom. The first-order valence-electron chi connectivity index (χ1n) is 4.95. The molecule has 90 valence electrons. The second-order valence-electron chi connectivity index (χ2n) is 3.66. The van der Waals surface area contributed by atoms with Crippen LogP contribution in [0.25, 0.3) is 10.4 Å². The summed E-state index contributed by atoms with van der Waals surface area (Å²) in [5, 5.41) is 0.953. The smallest absolute Gasteiger partial charge is 0.229 e. The molecule has 0 aliphatic rings. The van der Waals surface area contributed by atoms with Crippen LogP contribution < -0.4 is 4.72 Å². The van der Waals surface area contributed by atoms with Crippen LogP contribution in [0, 0.1) is 6.92 Å².